The number of nitrogens with one attached hydrogen (secondary N) is 1. The second-order valence-electron chi connectivity index (χ2n) is 4.88. The van der Waals surface area contributed by atoms with E-state index in [4.69, 9.17) is 0 Å². The lowest BCUT2D eigenvalue weighted by atomic mass is 10.1. The molecule has 5 heteroatoms. The second-order valence-corrected chi connectivity index (χ2v) is 7.17. The Morgan fingerprint density at radius 3 is 2.79 bits per heavy atom. The molecule has 0 fully saturated rings. The summed E-state index contributed by atoms with van der Waals surface area (Å²) < 4.78 is 3.19. The normalized spacial score (nSPS) is 13.1. The Labute approximate surface area is 127 Å². The maximum absolute atomic E-state index is 4.63. The Bertz CT molecular complexity index is 518. The van der Waals surface area contributed by atoms with Gasteiger partial charge in [0.25, 0.3) is 0 Å². The molecule has 0 saturated heterocycles. The quantitative estimate of drug-likeness (QED) is 0.853. The summed E-state index contributed by atoms with van der Waals surface area (Å²) in [6.07, 6.45) is 2.99. The fraction of sp³-hybridized carbons (Fsp3) is 0.500. The fourth-order valence-corrected chi connectivity index (χ4v) is 3.27. The van der Waals surface area contributed by atoms with Crippen LogP contribution < -0.4 is 5.32 Å². The topological polar surface area (TPSA) is 29.9 Å². The lowest BCUT2D eigenvalue weighted by Gasteiger charge is -2.15. The van der Waals surface area contributed by atoms with Crippen molar-refractivity contribution in [2.24, 2.45) is 0 Å². The highest BCUT2D eigenvalue weighted by atomic mass is 79.9. The van der Waals surface area contributed by atoms with E-state index in [1.807, 2.05) is 4.68 Å². The van der Waals surface area contributed by atoms with Crippen LogP contribution in [0.15, 0.2) is 27.5 Å². The average Bonchev–Trinajstić information content (AvgIpc) is 2.97. The first kappa shape index (κ1) is 14.8. The lowest BCUT2D eigenvalue weighted by molar-refractivity contribution is 0.507. The third kappa shape index (κ3) is 3.91. The van der Waals surface area contributed by atoms with E-state index in [0.717, 1.165) is 18.7 Å². The zero-order chi connectivity index (χ0) is 13.8. The summed E-state index contributed by atoms with van der Waals surface area (Å²) in [6.45, 7) is 7.40. The van der Waals surface area contributed by atoms with Crippen molar-refractivity contribution in [3.05, 3.63) is 38.8 Å². The summed E-state index contributed by atoms with van der Waals surface area (Å²) in [7, 11) is 0. The molecule has 0 aliphatic rings. The summed E-state index contributed by atoms with van der Waals surface area (Å²) in [6, 6.07) is 5.06. The van der Waals surface area contributed by atoms with E-state index in [1.165, 1.54) is 9.35 Å². The van der Waals surface area contributed by atoms with E-state index in [1.54, 1.807) is 11.3 Å². The number of nitrogens with zero attached hydrogens (tertiary/aromatic N) is 2. The Morgan fingerprint density at radius 1 is 1.47 bits per heavy atom. The van der Waals surface area contributed by atoms with Crippen LogP contribution in [-0.4, -0.2) is 16.3 Å². The maximum Gasteiger partial charge on any atom is 0.0701 e. The van der Waals surface area contributed by atoms with Gasteiger partial charge in [-0.3, -0.25) is 4.68 Å². The van der Waals surface area contributed by atoms with Crippen LogP contribution in [-0.2, 0) is 6.42 Å². The molecule has 0 spiro atoms. The molecule has 2 aromatic heterocycles. The molecule has 0 aromatic carbocycles. The van der Waals surface area contributed by atoms with Crippen LogP contribution in [0.4, 0.5) is 0 Å². The molecule has 2 rings (SSSR count). The molecule has 2 heterocycles. The Hall–Kier alpha value is -0.650. The van der Waals surface area contributed by atoms with Gasteiger partial charge < -0.3 is 5.32 Å². The Kier molecular flexibility index (Phi) is 5.19. The molecule has 0 aliphatic heterocycles. The highest BCUT2D eigenvalue weighted by Crippen LogP contribution is 2.27. The van der Waals surface area contributed by atoms with Gasteiger partial charge >= 0.3 is 0 Å². The summed E-state index contributed by atoms with van der Waals surface area (Å²) in [5.74, 6) is 0. The van der Waals surface area contributed by atoms with Crippen molar-refractivity contribution in [2.45, 2.75) is 39.3 Å². The number of hydrogen-bond acceptors (Lipinski definition) is 3. The first-order chi connectivity index (χ1) is 9.10. The van der Waals surface area contributed by atoms with Crippen LogP contribution in [0.1, 0.15) is 44.1 Å². The summed E-state index contributed by atoms with van der Waals surface area (Å²) in [5, 5.41) is 10.4. The first-order valence-corrected chi connectivity index (χ1v) is 8.28. The molecule has 0 aliphatic carbocycles. The highest BCUT2D eigenvalue weighted by molar-refractivity contribution is 9.11. The van der Waals surface area contributed by atoms with Gasteiger partial charge in [0, 0.05) is 24.7 Å². The summed E-state index contributed by atoms with van der Waals surface area (Å²) in [5.41, 5.74) is 2.47. The molecule has 3 nitrogen and oxygen atoms in total. The number of halogens is 1. The van der Waals surface area contributed by atoms with Gasteiger partial charge in [-0.1, -0.05) is 6.92 Å². The smallest absolute Gasteiger partial charge is 0.0701 e. The van der Waals surface area contributed by atoms with Crippen LogP contribution in [0.25, 0.3) is 0 Å². The minimum atomic E-state index is 0.336. The van der Waals surface area contributed by atoms with Crippen molar-refractivity contribution in [1.29, 1.82) is 0 Å². The molecule has 1 atom stereocenters. The maximum atomic E-state index is 4.63. The van der Waals surface area contributed by atoms with E-state index in [9.17, 15) is 0 Å². The molecular formula is C14H20BrN3S. The number of aromatic nitrogens is 2. The molecule has 2 aromatic rings. The van der Waals surface area contributed by atoms with Gasteiger partial charge in [0.15, 0.2) is 0 Å². The van der Waals surface area contributed by atoms with Gasteiger partial charge in [0.2, 0.25) is 0 Å². The number of rotatable bonds is 6. The minimum Gasteiger partial charge on any atom is -0.310 e. The van der Waals surface area contributed by atoms with Gasteiger partial charge in [0.1, 0.15) is 0 Å². The number of hydrogen-bond donors (Lipinski definition) is 1. The van der Waals surface area contributed by atoms with Crippen molar-refractivity contribution in [3.8, 4) is 0 Å². The number of thiophene rings is 1. The molecule has 0 amide bonds. The van der Waals surface area contributed by atoms with E-state index in [-0.39, 0.29) is 0 Å². The Morgan fingerprint density at radius 2 is 2.26 bits per heavy atom. The molecule has 0 radical (unpaired) electrons. The standard InChI is InChI=1S/C14H20BrN3S/c1-4-16-13(11-7-14(15)19-9-11)8-12-5-6-18(17-12)10(2)3/h5-7,9-10,13,16H,4,8H2,1-3H3. The van der Waals surface area contributed by atoms with Crippen LogP contribution in [0, 0.1) is 0 Å². The lowest BCUT2D eigenvalue weighted by Crippen LogP contribution is -2.22. The van der Waals surface area contributed by atoms with Crippen molar-refractivity contribution in [1.82, 2.24) is 15.1 Å². The predicted molar refractivity (Wildman–Crippen MR) is 84.8 cm³/mol. The van der Waals surface area contributed by atoms with E-state index >= 15 is 0 Å². The van der Waals surface area contributed by atoms with Crippen LogP contribution in [0.3, 0.4) is 0 Å². The van der Waals surface area contributed by atoms with Crippen LogP contribution in [0.2, 0.25) is 0 Å². The van der Waals surface area contributed by atoms with Crippen molar-refractivity contribution in [2.75, 3.05) is 6.54 Å². The van der Waals surface area contributed by atoms with Crippen LogP contribution >= 0.6 is 27.3 Å². The van der Waals surface area contributed by atoms with Crippen LogP contribution in [0.5, 0.6) is 0 Å². The highest BCUT2D eigenvalue weighted by Gasteiger charge is 2.14. The molecule has 19 heavy (non-hydrogen) atoms. The molecule has 1 unspecified atom stereocenters. The van der Waals surface area contributed by atoms with Crippen molar-refractivity contribution >= 4 is 27.3 Å². The third-order valence-electron chi connectivity index (χ3n) is 3.05. The zero-order valence-electron chi connectivity index (χ0n) is 11.6. The third-order valence-corrected chi connectivity index (χ3v) is 4.57. The van der Waals surface area contributed by atoms with E-state index < -0.39 is 0 Å². The van der Waals surface area contributed by atoms with Gasteiger partial charge in [-0.15, -0.1) is 11.3 Å². The van der Waals surface area contributed by atoms with Crippen molar-refractivity contribution in [3.63, 3.8) is 0 Å². The summed E-state index contributed by atoms with van der Waals surface area (Å²) >= 11 is 5.26. The molecule has 1 N–H and O–H groups in total. The van der Waals surface area contributed by atoms with Gasteiger partial charge in [-0.2, -0.15) is 5.10 Å². The summed E-state index contributed by atoms with van der Waals surface area (Å²) in [4.78, 5) is 0. The first-order valence-electron chi connectivity index (χ1n) is 6.61. The fourth-order valence-electron chi connectivity index (χ4n) is 2.04. The average molecular weight is 342 g/mol. The molecule has 0 bridgehead atoms. The van der Waals surface area contributed by atoms with Crippen molar-refractivity contribution < 1.29 is 0 Å². The van der Waals surface area contributed by atoms with E-state index in [0.29, 0.717) is 12.1 Å². The van der Waals surface area contributed by atoms with Gasteiger partial charge in [-0.05, 0) is 59.4 Å². The molecular weight excluding hydrogens is 322 g/mol. The van der Waals surface area contributed by atoms with E-state index in [2.05, 4.69) is 70.8 Å². The zero-order valence-corrected chi connectivity index (χ0v) is 14.0. The molecule has 0 saturated carbocycles. The van der Waals surface area contributed by atoms with Gasteiger partial charge in [-0.25, -0.2) is 0 Å². The second kappa shape index (κ2) is 6.68. The minimum absolute atomic E-state index is 0.336. The predicted octanol–water partition coefficient (Wildman–Crippen LogP) is 4.18. The Balaban J connectivity index is 2.11. The number of likely N-dealkylation sites (N-methyl/N-ethyl adjacent to an activating group) is 1. The largest absolute Gasteiger partial charge is 0.310 e. The molecule has 104 valence electrons. The monoisotopic (exact) mass is 341 g/mol. The SMILES string of the molecule is CCNC(Cc1ccn(C(C)C)n1)c1csc(Br)c1. The van der Waals surface area contributed by atoms with Gasteiger partial charge in [0.05, 0.1) is 9.48 Å².